The van der Waals surface area contributed by atoms with Crippen LogP contribution in [0.15, 0.2) is 0 Å². The maximum absolute atomic E-state index is 11.3. The number of carboxylic acids is 2. The molecule has 0 saturated carbocycles. The Morgan fingerprint density at radius 2 is 1.75 bits per heavy atom. The molecule has 0 amide bonds. The van der Waals surface area contributed by atoms with Gasteiger partial charge in [0.25, 0.3) is 0 Å². The molecule has 5 nitrogen and oxygen atoms in total. The molecule has 0 saturated heterocycles. The summed E-state index contributed by atoms with van der Waals surface area (Å²) >= 11 is 0.960. The molecule has 16 heavy (non-hydrogen) atoms. The van der Waals surface area contributed by atoms with Gasteiger partial charge in [-0.15, -0.1) is 0 Å². The molecule has 0 heterocycles. The number of carboxylic acid groups (broad SMARTS) is 2. The smallest absolute Gasteiger partial charge is 0.307 e. The lowest BCUT2D eigenvalue weighted by Crippen LogP contribution is -2.19. The number of carbonyl (C=O) groups excluding carboxylic acids is 1. The number of hydrogen-bond acceptors (Lipinski definition) is 4. The normalized spacial score (nSPS) is 12.4. The Morgan fingerprint density at radius 3 is 2.12 bits per heavy atom. The number of hydrogen-bond donors (Lipinski definition) is 2. The lowest BCUT2D eigenvalue weighted by atomic mass is 10.1. The fourth-order valence-corrected chi connectivity index (χ4v) is 1.93. The van der Waals surface area contributed by atoms with Crippen molar-refractivity contribution in [3.63, 3.8) is 0 Å². The standard InChI is InChI=1S/C10H16O5S/c1-6(2)10(15)16-5-7(9(13)14)3-4-8(11)12/h6-7H,3-5H2,1-2H3,(H,11,12)(H,13,14). The quantitative estimate of drug-likeness (QED) is 0.708. The zero-order valence-corrected chi connectivity index (χ0v) is 10.1. The summed E-state index contributed by atoms with van der Waals surface area (Å²) in [6.07, 6.45) is -0.129. The zero-order valence-electron chi connectivity index (χ0n) is 9.30. The number of carbonyl (C=O) groups is 3. The Balaban J connectivity index is 4.09. The molecule has 0 spiro atoms. The minimum absolute atomic E-state index is 0.0586. The van der Waals surface area contributed by atoms with Gasteiger partial charge in [0, 0.05) is 18.1 Å². The molecular formula is C10H16O5S. The molecule has 0 aromatic heterocycles. The van der Waals surface area contributed by atoms with Crippen molar-refractivity contribution in [2.24, 2.45) is 11.8 Å². The second-order valence-corrected chi connectivity index (χ2v) is 4.78. The molecule has 2 N–H and O–H groups in total. The summed E-state index contributed by atoms with van der Waals surface area (Å²) in [5.74, 6) is -2.85. The van der Waals surface area contributed by atoms with Crippen molar-refractivity contribution in [3.05, 3.63) is 0 Å². The summed E-state index contributed by atoms with van der Waals surface area (Å²) in [5.41, 5.74) is 0. The molecule has 0 aromatic carbocycles. The lowest BCUT2D eigenvalue weighted by molar-refractivity contribution is -0.142. The predicted molar refractivity (Wildman–Crippen MR) is 60.3 cm³/mol. The van der Waals surface area contributed by atoms with Crippen LogP contribution in [-0.4, -0.2) is 33.0 Å². The summed E-state index contributed by atoms with van der Waals surface area (Å²) in [7, 11) is 0. The third-order valence-corrected chi connectivity index (χ3v) is 3.28. The fraction of sp³-hybridized carbons (Fsp3) is 0.700. The van der Waals surface area contributed by atoms with Crippen molar-refractivity contribution in [2.45, 2.75) is 26.7 Å². The third-order valence-electron chi connectivity index (χ3n) is 1.95. The summed E-state index contributed by atoms with van der Waals surface area (Å²) in [4.78, 5) is 32.3. The Labute approximate surface area is 98.2 Å². The van der Waals surface area contributed by atoms with Gasteiger partial charge in [-0.1, -0.05) is 25.6 Å². The molecule has 0 aliphatic carbocycles. The first-order valence-corrected chi connectivity index (χ1v) is 5.94. The highest BCUT2D eigenvalue weighted by atomic mass is 32.2. The van der Waals surface area contributed by atoms with E-state index in [4.69, 9.17) is 10.2 Å². The molecule has 0 aliphatic rings. The van der Waals surface area contributed by atoms with Crippen molar-refractivity contribution in [1.82, 2.24) is 0 Å². The lowest BCUT2D eigenvalue weighted by Gasteiger charge is -2.10. The van der Waals surface area contributed by atoms with E-state index in [-0.39, 0.29) is 29.6 Å². The molecule has 0 rings (SSSR count). The highest BCUT2D eigenvalue weighted by Gasteiger charge is 2.21. The fourth-order valence-electron chi connectivity index (χ4n) is 0.925. The van der Waals surface area contributed by atoms with Crippen LogP contribution < -0.4 is 0 Å². The maximum Gasteiger partial charge on any atom is 0.307 e. The zero-order chi connectivity index (χ0) is 12.7. The molecule has 1 unspecified atom stereocenters. The Morgan fingerprint density at radius 1 is 1.19 bits per heavy atom. The summed E-state index contributed by atoms with van der Waals surface area (Å²) in [5, 5.41) is 17.2. The minimum Gasteiger partial charge on any atom is -0.481 e. The van der Waals surface area contributed by atoms with E-state index in [9.17, 15) is 14.4 Å². The molecule has 0 bridgehead atoms. The topological polar surface area (TPSA) is 91.7 Å². The van der Waals surface area contributed by atoms with Crippen LogP contribution in [0.4, 0.5) is 0 Å². The van der Waals surface area contributed by atoms with Gasteiger partial charge in [0.1, 0.15) is 0 Å². The van der Waals surface area contributed by atoms with E-state index in [0.717, 1.165) is 11.8 Å². The molecule has 6 heteroatoms. The predicted octanol–water partition coefficient (Wildman–Crippen LogP) is 1.47. The van der Waals surface area contributed by atoms with Crippen LogP contribution in [0.3, 0.4) is 0 Å². The van der Waals surface area contributed by atoms with Crippen molar-refractivity contribution < 1.29 is 24.6 Å². The highest BCUT2D eigenvalue weighted by Crippen LogP contribution is 2.18. The van der Waals surface area contributed by atoms with Crippen molar-refractivity contribution >= 4 is 28.8 Å². The third kappa shape index (κ3) is 6.44. The number of thioether (sulfide) groups is 1. The van der Waals surface area contributed by atoms with Gasteiger partial charge in [-0.3, -0.25) is 14.4 Å². The van der Waals surface area contributed by atoms with E-state index >= 15 is 0 Å². The molecular weight excluding hydrogens is 232 g/mol. The van der Waals surface area contributed by atoms with E-state index in [1.54, 1.807) is 13.8 Å². The minimum atomic E-state index is -1.05. The molecule has 0 fully saturated rings. The first-order valence-electron chi connectivity index (χ1n) is 4.95. The molecule has 0 aromatic rings. The van der Waals surface area contributed by atoms with Gasteiger partial charge in [-0.25, -0.2) is 0 Å². The van der Waals surface area contributed by atoms with E-state index < -0.39 is 17.9 Å². The van der Waals surface area contributed by atoms with E-state index in [1.807, 2.05) is 0 Å². The van der Waals surface area contributed by atoms with Gasteiger partial charge in [0.15, 0.2) is 5.12 Å². The Hall–Kier alpha value is -1.04. The monoisotopic (exact) mass is 248 g/mol. The Bertz CT molecular complexity index is 274. The van der Waals surface area contributed by atoms with Crippen LogP contribution in [0.2, 0.25) is 0 Å². The van der Waals surface area contributed by atoms with Crippen LogP contribution >= 0.6 is 11.8 Å². The van der Waals surface area contributed by atoms with Crippen molar-refractivity contribution in [3.8, 4) is 0 Å². The van der Waals surface area contributed by atoms with Crippen molar-refractivity contribution in [1.29, 1.82) is 0 Å². The van der Waals surface area contributed by atoms with Crippen LogP contribution in [0.25, 0.3) is 0 Å². The summed E-state index contributed by atoms with van der Waals surface area (Å²) in [6.45, 7) is 3.48. The van der Waals surface area contributed by atoms with Gasteiger partial charge in [0.05, 0.1) is 5.92 Å². The maximum atomic E-state index is 11.3. The van der Waals surface area contributed by atoms with E-state index in [2.05, 4.69) is 0 Å². The van der Waals surface area contributed by atoms with Crippen LogP contribution in [0.1, 0.15) is 26.7 Å². The number of aliphatic carboxylic acids is 2. The Kier molecular flexibility index (Phi) is 6.80. The van der Waals surface area contributed by atoms with Crippen LogP contribution in [-0.2, 0) is 14.4 Å². The van der Waals surface area contributed by atoms with Gasteiger partial charge in [0.2, 0.25) is 0 Å². The summed E-state index contributed by atoms with van der Waals surface area (Å²) < 4.78 is 0. The SMILES string of the molecule is CC(C)C(=O)SCC(CCC(=O)O)C(=O)O. The summed E-state index contributed by atoms with van der Waals surface area (Å²) in [6, 6.07) is 0. The first-order chi connectivity index (χ1) is 7.34. The second kappa shape index (κ2) is 7.27. The van der Waals surface area contributed by atoms with Crippen LogP contribution in [0.5, 0.6) is 0 Å². The largest absolute Gasteiger partial charge is 0.481 e. The molecule has 92 valence electrons. The van der Waals surface area contributed by atoms with Crippen molar-refractivity contribution in [2.75, 3.05) is 5.75 Å². The van der Waals surface area contributed by atoms with Gasteiger partial charge in [-0.05, 0) is 6.42 Å². The second-order valence-electron chi connectivity index (χ2n) is 3.75. The van der Waals surface area contributed by atoms with Gasteiger partial charge < -0.3 is 10.2 Å². The average molecular weight is 248 g/mol. The van der Waals surface area contributed by atoms with Gasteiger partial charge >= 0.3 is 11.9 Å². The molecule has 1 atom stereocenters. The molecule has 0 radical (unpaired) electrons. The van der Waals surface area contributed by atoms with E-state index in [1.165, 1.54) is 0 Å². The highest BCUT2D eigenvalue weighted by molar-refractivity contribution is 8.13. The average Bonchev–Trinajstić information content (AvgIpc) is 2.15. The van der Waals surface area contributed by atoms with Gasteiger partial charge in [-0.2, -0.15) is 0 Å². The first kappa shape index (κ1) is 15.0. The molecule has 0 aliphatic heterocycles. The number of rotatable bonds is 7. The van der Waals surface area contributed by atoms with Crippen LogP contribution in [0, 0.1) is 11.8 Å². The van der Waals surface area contributed by atoms with E-state index in [0.29, 0.717) is 0 Å².